The molecule has 0 aliphatic carbocycles. The molecule has 0 fully saturated rings. The first-order valence-corrected chi connectivity index (χ1v) is 6.77. The van der Waals surface area contributed by atoms with Gasteiger partial charge in [-0.05, 0) is 35.9 Å². The highest BCUT2D eigenvalue weighted by atomic mass is 32.1. The van der Waals surface area contributed by atoms with Crippen molar-refractivity contribution < 1.29 is 0 Å². The fourth-order valence-corrected chi connectivity index (χ4v) is 2.31. The predicted octanol–water partition coefficient (Wildman–Crippen LogP) is 4.61. The quantitative estimate of drug-likeness (QED) is 0.684. The largest absolute Gasteiger partial charge is 0.355 e. The van der Waals surface area contributed by atoms with Crippen molar-refractivity contribution in [2.75, 3.05) is 5.32 Å². The average Bonchev–Trinajstić information content (AvgIpc) is 2.47. The second-order valence-electron chi connectivity index (χ2n) is 4.56. The van der Waals surface area contributed by atoms with Gasteiger partial charge < -0.3 is 5.32 Å². The standard InChI is InChI=1S/C17H14N2S/c1-12(19-15-5-2-6-16(20)11-15)14-8-7-13-4-3-9-18-17(13)10-14/h2-11,19-20H,1H2. The average molecular weight is 278 g/mol. The highest BCUT2D eigenvalue weighted by Crippen LogP contribution is 2.22. The van der Waals surface area contributed by atoms with E-state index in [1.165, 1.54) is 0 Å². The van der Waals surface area contributed by atoms with Gasteiger partial charge in [0.1, 0.15) is 0 Å². The Morgan fingerprint density at radius 1 is 1.05 bits per heavy atom. The van der Waals surface area contributed by atoms with Gasteiger partial charge >= 0.3 is 0 Å². The molecule has 0 bridgehead atoms. The third kappa shape index (κ3) is 2.68. The Hall–Kier alpha value is -2.26. The summed E-state index contributed by atoms with van der Waals surface area (Å²) in [5.41, 5.74) is 3.82. The van der Waals surface area contributed by atoms with Gasteiger partial charge in [0.25, 0.3) is 0 Å². The summed E-state index contributed by atoms with van der Waals surface area (Å²) in [5, 5.41) is 4.42. The maximum Gasteiger partial charge on any atom is 0.0708 e. The molecule has 0 aliphatic rings. The van der Waals surface area contributed by atoms with Crippen LogP contribution in [0.2, 0.25) is 0 Å². The maximum atomic E-state index is 4.36. The third-order valence-corrected chi connectivity index (χ3v) is 3.37. The van der Waals surface area contributed by atoms with Crippen molar-refractivity contribution in [3.05, 3.63) is 72.9 Å². The molecule has 0 spiro atoms. The second-order valence-corrected chi connectivity index (χ2v) is 5.08. The number of hydrogen-bond acceptors (Lipinski definition) is 3. The second kappa shape index (κ2) is 5.39. The number of pyridine rings is 1. The summed E-state index contributed by atoms with van der Waals surface area (Å²) >= 11 is 4.33. The van der Waals surface area contributed by atoms with Crippen molar-refractivity contribution in [3.8, 4) is 0 Å². The van der Waals surface area contributed by atoms with Gasteiger partial charge in [-0.15, -0.1) is 12.6 Å². The Bertz CT molecular complexity index is 781. The van der Waals surface area contributed by atoms with E-state index in [0.717, 1.165) is 32.7 Å². The smallest absolute Gasteiger partial charge is 0.0708 e. The van der Waals surface area contributed by atoms with E-state index in [9.17, 15) is 0 Å². The molecule has 0 saturated carbocycles. The fourth-order valence-electron chi connectivity index (χ4n) is 2.08. The summed E-state index contributed by atoms with van der Waals surface area (Å²) in [6.45, 7) is 4.09. The zero-order chi connectivity index (χ0) is 13.9. The van der Waals surface area contributed by atoms with E-state index in [1.807, 2.05) is 48.5 Å². The Labute approximate surface area is 123 Å². The zero-order valence-electron chi connectivity index (χ0n) is 10.9. The molecule has 0 aliphatic heterocycles. The molecule has 0 atom stereocenters. The van der Waals surface area contributed by atoms with Crippen molar-refractivity contribution in [1.82, 2.24) is 4.98 Å². The summed E-state index contributed by atoms with van der Waals surface area (Å²) in [5.74, 6) is 0. The van der Waals surface area contributed by atoms with E-state index in [0.29, 0.717) is 0 Å². The van der Waals surface area contributed by atoms with Crippen molar-refractivity contribution in [2.45, 2.75) is 4.90 Å². The van der Waals surface area contributed by atoms with Gasteiger partial charge in [0.05, 0.1) is 5.52 Å². The van der Waals surface area contributed by atoms with E-state index in [-0.39, 0.29) is 0 Å². The van der Waals surface area contributed by atoms with Crippen LogP contribution in [-0.4, -0.2) is 4.98 Å². The molecular formula is C17H14N2S. The molecule has 1 heterocycles. The van der Waals surface area contributed by atoms with Gasteiger partial charge in [0.2, 0.25) is 0 Å². The van der Waals surface area contributed by atoms with Crippen molar-refractivity contribution in [2.24, 2.45) is 0 Å². The first-order chi connectivity index (χ1) is 9.72. The Balaban J connectivity index is 1.88. The lowest BCUT2D eigenvalue weighted by atomic mass is 10.1. The Kier molecular flexibility index (Phi) is 3.44. The number of anilines is 1. The van der Waals surface area contributed by atoms with Crippen LogP contribution in [0.15, 0.2) is 72.3 Å². The van der Waals surface area contributed by atoms with Crippen LogP contribution in [0.1, 0.15) is 5.56 Å². The molecular weight excluding hydrogens is 264 g/mol. The number of rotatable bonds is 3. The number of nitrogens with zero attached hydrogens (tertiary/aromatic N) is 1. The molecule has 2 aromatic carbocycles. The molecule has 1 N–H and O–H groups in total. The monoisotopic (exact) mass is 278 g/mol. The van der Waals surface area contributed by atoms with Crippen LogP contribution in [-0.2, 0) is 0 Å². The third-order valence-electron chi connectivity index (χ3n) is 3.10. The van der Waals surface area contributed by atoms with Crippen molar-refractivity contribution in [1.29, 1.82) is 0 Å². The van der Waals surface area contributed by atoms with Gasteiger partial charge in [-0.1, -0.05) is 30.8 Å². The summed E-state index contributed by atoms with van der Waals surface area (Å²) in [7, 11) is 0. The van der Waals surface area contributed by atoms with E-state index in [4.69, 9.17) is 0 Å². The van der Waals surface area contributed by atoms with E-state index in [2.05, 4.69) is 35.6 Å². The molecule has 20 heavy (non-hydrogen) atoms. The molecule has 0 radical (unpaired) electrons. The minimum absolute atomic E-state index is 0.844. The van der Waals surface area contributed by atoms with Gasteiger partial charge in [0.15, 0.2) is 0 Å². The van der Waals surface area contributed by atoms with Crippen LogP contribution in [0.25, 0.3) is 16.6 Å². The summed E-state index contributed by atoms with van der Waals surface area (Å²) in [6.07, 6.45) is 1.80. The molecule has 1 aromatic heterocycles. The minimum Gasteiger partial charge on any atom is -0.355 e. The van der Waals surface area contributed by atoms with Crippen LogP contribution < -0.4 is 5.32 Å². The molecule has 0 unspecified atom stereocenters. The van der Waals surface area contributed by atoms with Crippen LogP contribution in [0.5, 0.6) is 0 Å². The topological polar surface area (TPSA) is 24.9 Å². The van der Waals surface area contributed by atoms with Crippen molar-refractivity contribution in [3.63, 3.8) is 0 Å². The number of hydrogen-bond donors (Lipinski definition) is 2. The van der Waals surface area contributed by atoms with E-state index in [1.54, 1.807) is 6.20 Å². The van der Waals surface area contributed by atoms with Gasteiger partial charge in [-0.3, -0.25) is 4.98 Å². The molecule has 3 aromatic rings. The van der Waals surface area contributed by atoms with Crippen molar-refractivity contribution >= 4 is 34.9 Å². The van der Waals surface area contributed by atoms with Crippen LogP contribution in [0.4, 0.5) is 5.69 Å². The summed E-state index contributed by atoms with van der Waals surface area (Å²) in [4.78, 5) is 5.28. The van der Waals surface area contributed by atoms with Crippen LogP contribution >= 0.6 is 12.6 Å². The molecule has 0 amide bonds. The van der Waals surface area contributed by atoms with Crippen LogP contribution in [0.3, 0.4) is 0 Å². The molecule has 2 nitrogen and oxygen atoms in total. The number of fused-ring (bicyclic) bond motifs is 1. The maximum absolute atomic E-state index is 4.36. The number of thiol groups is 1. The first kappa shape index (κ1) is 12.8. The normalized spacial score (nSPS) is 10.4. The summed E-state index contributed by atoms with van der Waals surface area (Å²) < 4.78 is 0. The lowest BCUT2D eigenvalue weighted by Gasteiger charge is -2.11. The molecule has 3 heteroatoms. The Morgan fingerprint density at radius 3 is 2.80 bits per heavy atom. The van der Waals surface area contributed by atoms with Crippen LogP contribution in [0, 0.1) is 0 Å². The van der Waals surface area contributed by atoms with E-state index >= 15 is 0 Å². The Morgan fingerprint density at radius 2 is 1.95 bits per heavy atom. The van der Waals surface area contributed by atoms with Gasteiger partial charge in [-0.2, -0.15) is 0 Å². The predicted molar refractivity (Wildman–Crippen MR) is 88.1 cm³/mol. The number of benzene rings is 2. The SMILES string of the molecule is C=C(Nc1cccc(S)c1)c1ccc2cccnc2c1. The highest BCUT2D eigenvalue weighted by molar-refractivity contribution is 7.80. The van der Waals surface area contributed by atoms with Gasteiger partial charge in [0, 0.05) is 27.9 Å². The minimum atomic E-state index is 0.844. The lowest BCUT2D eigenvalue weighted by Crippen LogP contribution is -1.97. The molecule has 3 rings (SSSR count). The lowest BCUT2D eigenvalue weighted by molar-refractivity contribution is 1.40. The molecule has 0 saturated heterocycles. The number of nitrogens with one attached hydrogen (secondary N) is 1. The first-order valence-electron chi connectivity index (χ1n) is 6.32. The summed E-state index contributed by atoms with van der Waals surface area (Å²) in [6, 6.07) is 18.0. The highest BCUT2D eigenvalue weighted by Gasteiger charge is 2.02. The fraction of sp³-hybridized carbons (Fsp3) is 0. The molecule has 98 valence electrons. The van der Waals surface area contributed by atoms with Gasteiger partial charge in [-0.25, -0.2) is 0 Å². The van der Waals surface area contributed by atoms with E-state index < -0.39 is 0 Å². The number of aromatic nitrogens is 1. The zero-order valence-corrected chi connectivity index (χ0v) is 11.8.